The van der Waals surface area contributed by atoms with Gasteiger partial charge in [-0.1, -0.05) is 47.5 Å². The van der Waals surface area contributed by atoms with Crippen LogP contribution in [0.5, 0.6) is 5.75 Å². The molecule has 0 bridgehead atoms. The molecule has 0 spiro atoms. The summed E-state index contributed by atoms with van der Waals surface area (Å²) >= 11 is 3.37. The van der Waals surface area contributed by atoms with Crippen molar-refractivity contribution in [3.05, 3.63) is 63.9 Å². The molecule has 0 fully saturated rings. The predicted molar refractivity (Wildman–Crippen MR) is 78.9 cm³/mol. The number of hydrogen-bond acceptors (Lipinski definition) is 1. The van der Waals surface area contributed by atoms with E-state index < -0.39 is 0 Å². The summed E-state index contributed by atoms with van der Waals surface area (Å²) in [7, 11) is 0. The van der Waals surface area contributed by atoms with Gasteiger partial charge in [0.05, 0.1) is 0 Å². The Morgan fingerprint density at radius 1 is 1.05 bits per heavy atom. The lowest BCUT2D eigenvalue weighted by molar-refractivity contribution is 0.290. The van der Waals surface area contributed by atoms with Crippen molar-refractivity contribution in [3.8, 4) is 5.75 Å². The molecule has 100 valence electrons. The summed E-state index contributed by atoms with van der Waals surface area (Å²) in [6.07, 6.45) is 1.91. The van der Waals surface area contributed by atoms with Crippen molar-refractivity contribution in [2.75, 3.05) is 0 Å². The molecule has 19 heavy (non-hydrogen) atoms. The highest BCUT2D eigenvalue weighted by Gasteiger charge is 2.05. The van der Waals surface area contributed by atoms with Crippen molar-refractivity contribution >= 4 is 15.9 Å². The highest BCUT2D eigenvalue weighted by molar-refractivity contribution is 9.10. The standard InChI is InChI=1S/C16H16BrFO/c1-2-3-12-6-9-16(15(18)10-12)19-11-13-4-7-14(17)8-5-13/h4-10H,2-3,11H2,1H3. The van der Waals surface area contributed by atoms with Gasteiger partial charge in [0.2, 0.25) is 0 Å². The van der Waals surface area contributed by atoms with Gasteiger partial charge >= 0.3 is 0 Å². The number of halogens is 2. The summed E-state index contributed by atoms with van der Waals surface area (Å²) in [6.45, 7) is 2.45. The monoisotopic (exact) mass is 322 g/mol. The number of benzene rings is 2. The molecule has 0 radical (unpaired) electrons. The number of ether oxygens (including phenoxy) is 1. The maximum Gasteiger partial charge on any atom is 0.165 e. The molecule has 0 aliphatic heterocycles. The molecule has 0 aliphatic carbocycles. The zero-order chi connectivity index (χ0) is 13.7. The van der Waals surface area contributed by atoms with E-state index in [0.29, 0.717) is 12.4 Å². The third kappa shape index (κ3) is 4.06. The fraction of sp³-hybridized carbons (Fsp3) is 0.250. The van der Waals surface area contributed by atoms with E-state index in [1.54, 1.807) is 12.1 Å². The normalized spacial score (nSPS) is 10.5. The summed E-state index contributed by atoms with van der Waals surface area (Å²) < 4.78 is 20.3. The second kappa shape index (κ2) is 6.71. The molecule has 3 heteroatoms. The first-order valence-corrected chi connectivity index (χ1v) is 7.14. The van der Waals surface area contributed by atoms with Gasteiger partial charge in [0.25, 0.3) is 0 Å². The molecule has 0 amide bonds. The van der Waals surface area contributed by atoms with Crippen LogP contribution in [0.1, 0.15) is 24.5 Å². The van der Waals surface area contributed by atoms with Gasteiger partial charge in [-0.2, -0.15) is 0 Å². The summed E-state index contributed by atoms with van der Waals surface area (Å²) in [6, 6.07) is 13.0. The summed E-state index contributed by atoms with van der Waals surface area (Å²) in [5.41, 5.74) is 2.02. The molecule has 0 heterocycles. The Kier molecular flexibility index (Phi) is 4.97. The second-order valence-corrected chi connectivity index (χ2v) is 5.35. The third-order valence-electron chi connectivity index (χ3n) is 2.84. The second-order valence-electron chi connectivity index (χ2n) is 4.43. The molecule has 2 aromatic rings. The van der Waals surface area contributed by atoms with E-state index in [4.69, 9.17) is 4.74 Å². The number of hydrogen-bond donors (Lipinski definition) is 0. The first-order valence-electron chi connectivity index (χ1n) is 6.34. The van der Waals surface area contributed by atoms with E-state index >= 15 is 0 Å². The van der Waals surface area contributed by atoms with Crippen LogP contribution in [-0.2, 0) is 13.0 Å². The highest BCUT2D eigenvalue weighted by atomic mass is 79.9. The fourth-order valence-electron chi connectivity index (χ4n) is 1.85. The van der Waals surface area contributed by atoms with Gasteiger partial charge in [-0.25, -0.2) is 4.39 Å². The fourth-order valence-corrected chi connectivity index (χ4v) is 2.11. The van der Waals surface area contributed by atoms with Crippen LogP contribution in [0, 0.1) is 5.82 Å². The minimum absolute atomic E-state index is 0.289. The molecule has 0 aliphatic rings. The Morgan fingerprint density at radius 2 is 1.74 bits per heavy atom. The first kappa shape index (κ1) is 14.1. The molecule has 0 saturated heterocycles. The molecule has 0 saturated carbocycles. The Balaban J connectivity index is 2.01. The van der Waals surface area contributed by atoms with Gasteiger partial charge < -0.3 is 4.74 Å². The van der Waals surface area contributed by atoms with E-state index in [1.807, 2.05) is 30.3 Å². The van der Waals surface area contributed by atoms with Gasteiger partial charge in [0, 0.05) is 4.47 Å². The summed E-state index contributed by atoms with van der Waals surface area (Å²) in [4.78, 5) is 0. The Morgan fingerprint density at radius 3 is 2.37 bits per heavy atom. The largest absolute Gasteiger partial charge is 0.486 e. The van der Waals surface area contributed by atoms with Gasteiger partial charge in [-0.05, 0) is 41.8 Å². The molecule has 0 unspecified atom stereocenters. The lowest BCUT2D eigenvalue weighted by atomic mass is 10.1. The van der Waals surface area contributed by atoms with Crippen molar-refractivity contribution in [1.82, 2.24) is 0 Å². The Labute approximate surface area is 121 Å². The Bertz CT molecular complexity index is 537. The molecular weight excluding hydrogens is 307 g/mol. The van der Waals surface area contributed by atoms with E-state index in [2.05, 4.69) is 22.9 Å². The van der Waals surface area contributed by atoms with Gasteiger partial charge in [-0.15, -0.1) is 0 Å². The van der Waals surface area contributed by atoms with E-state index in [1.165, 1.54) is 0 Å². The lowest BCUT2D eigenvalue weighted by Crippen LogP contribution is -1.98. The average molecular weight is 323 g/mol. The third-order valence-corrected chi connectivity index (χ3v) is 3.37. The number of aryl methyl sites for hydroxylation is 1. The van der Waals surface area contributed by atoms with E-state index in [9.17, 15) is 4.39 Å². The molecule has 0 aromatic heterocycles. The molecule has 2 aromatic carbocycles. The molecule has 0 N–H and O–H groups in total. The highest BCUT2D eigenvalue weighted by Crippen LogP contribution is 2.21. The summed E-state index contributed by atoms with van der Waals surface area (Å²) in [5, 5.41) is 0. The van der Waals surface area contributed by atoms with Gasteiger partial charge in [0.15, 0.2) is 11.6 Å². The average Bonchev–Trinajstić information content (AvgIpc) is 2.40. The van der Waals surface area contributed by atoms with Crippen molar-refractivity contribution in [1.29, 1.82) is 0 Å². The van der Waals surface area contributed by atoms with Crippen molar-refractivity contribution in [3.63, 3.8) is 0 Å². The molecular formula is C16H16BrFO. The topological polar surface area (TPSA) is 9.23 Å². The van der Waals surface area contributed by atoms with Crippen molar-refractivity contribution in [2.24, 2.45) is 0 Å². The maximum atomic E-state index is 13.8. The SMILES string of the molecule is CCCc1ccc(OCc2ccc(Br)cc2)c(F)c1. The molecule has 0 atom stereocenters. The van der Waals surface area contributed by atoms with Crippen molar-refractivity contribution < 1.29 is 9.13 Å². The quantitative estimate of drug-likeness (QED) is 0.742. The first-order chi connectivity index (χ1) is 9.19. The van der Waals surface area contributed by atoms with Crippen LogP contribution in [-0.4, -0.2) is 0 Å². The lowest BCUT2D eigenvalue weighted by Gasteiger charge is -2.08. The predicted octanol–water partition coefficient (Wildman–Crippen LogP) is 5.12. The van der Waals surface area contributed by atoms with Crippen LogP contribution in [0.2, 0.25) is 0 Å². The van der Waals surface area contributed by atoms with Gasteiger partial charge in [0.1, 0.15) is 6.61 Å². The van der Waals surface area contributed by atoms with Crippen LogP contribution < -0.4 is 4.74 Å². The van der Waals surface area contributed by atoms with Gasteiger partial charge in [-0.3, -0.25) is 0 Å². The molecule has 2 rings (SSSR count). The van der Waals surface area contributed by atoms with Crippen LogP contribution in [0.3, 0.4) is 0 Å². The Hall–Kier alpha value is -1.35. The zero-order valence-corrected chi connectivity index (χ0v) is 12.4. The summed E-state index contributed by atoms with van der Waals surface area (Å²) in [5.74, 6) is 0.0193. The minimum Gasteiger partial charge on any atom is -0.486 e. The molecule has 1 nitrogen and oxygen atoms in total. The van der Waals surface area contributed by atoms with E-state index in [-0.39, 0.29) is 5.82 Å². The minimum atomic E-state index is -0.289. The van der Waals surface area contributed by atoms with Crippen LogP contribution in [0.4, 0.5) is 4.39 Å². The van der Waals surface area contributed by atoms with E-state index in [0.717, 1.165) is 28.4 Å². The van der Waals surface area contributed by atoms with Crippen molar-refractivity contribution in [2.45, 2.75) is 26.4 Å². The number of rotatable bonds is 5. The maximum absolute atomic E-state index is 13.8. The zero-order valence-electron chi connectivity index (χ0n) is 10.8. The van der Waals surface area contributed by atoms with Crippen LogP contribution in [0.15, 0.2) is 46.9 Å². The van der Waals surface area contributed by atoms with Crippen LogP contribution in [0.25, 0.3) is 0 Å². The van der Waals surface area contributed by atoms with Crippen LogP contribution >= 0.6 is 15.9 Å². The smallest absolute Gasteiger partial charge is 0.165 e.